The summed E-state index contributed by atoms with van der Waals surface area (Å²) in [7, 11) is 1.54. The third kappa shape index (κ3) is 6.97. The number of rotatable bonds is 8. The first-order valence-electron chi connectivity index (χ1n) is 12.5. The van der Waals surface area contributed by atoms with Gasteiger partial charge in [0.1, 0.15) is 18.1 Å². The van der Waals surface area contributed by atoms with Crippen molar-refractivity contribution in [2.45, 2.75) is 32.7 Å². The first-order valence-corrected chi connectivity index (χ1v) is 12.9. The Morgan fingerprint density at radius 2 is 1.62 bits per heavy atom. The number of amides is 3. The Labute approximate surface area is 233 Å². The van der Waals surface area contributed by atoms with Gasteiger partial charge in [0.05, 0.1) is 29.2 Å². The van der Waals surface area contributed by atoms with Crippen molar-refractivity contribution in [3.05, 3.63) is 101 Å². The molecule has 3 aromatic carbocycles. The zero-order valence-corrected chi connectivity index (χ0v) is 23.2. The molecule has 0 aliphatic heterocycles. The van der Waals surface area contributed by atoms with E-state index in [1.54, 1.807) is 28.9 Å². The molecule has 202 valence electrons. The zero-order valence-electron chi connectivity index (χ0n) is 22.4. The molecule has 9 heteroatoms. The fraction of sp³-hybridized carbons (Fsp3) is 0.233. The van der Waals surface area contributed by atoms with E-state index >= 15 is 0 Å². The molecule has 0 unspecified atom stereocenters. The molecule has 3 amide bonds. The summed E-state index contributed by atoms with van der Waals surface area (Å²) in [6.45, 7) is 6.16. The van der Waals surface area contributed by atoms with Crippen LogP contribution in [0.2, 0.25) is 5.02 Å². The van der Waals surface area contributed by atoms with Crippen molar-refractivity contribution in [3.63, 3.8) is 0 Å². The number of halogens is 1. The Hall–Kier alpha value is -4.30. The molecule has 0 saturated carbocycles. The second kappa shape index (κ2) is 12.0. The molecule has 0 aliphatic rings. The number of benzene rings is 3. The molecule has 0 saturated heterocycles. The van der Waals surface area contributed by atoms with Crippen LogP contribution in [-0.2, 0) is 16.8 Å². The van der Waals surface area contributed by atoms with Gasteiger partial charge in [0.15, 0.2) is 0 Å². The SMILES string of the molecule is COc1ccccc1NC(=O)N(CC(=O)Nc1cc(C(C)(C)C)nn1-c1ccccc1Cl)Cc1ccccc1. The summed E-state index contributed by atoms with van der Waals surface area (Å²) in [5.74, 6) is 0.603. The number of carbonyl (C=O) groups is 2. The van der Waals surface area contributed by atoms with Gasteiger partial charge in [-0.25, -0.2) is 9.48 Å². The summed E-state index contributed by atoms with van der Waals surface area (Å²) >= 11 is 6.46. The number of hydrogen-bond acceptors (Lipinski definition) is 4. The molecular weight excluding hydrogens is 514 g/mol. The number of para-hydroxylation sites is 3. The second-order valence-electron chi connectivity index (χ2n) is 10.0. The molecule has 0 bridgehead atoms. The van der Waals surface area contributed by atoms with Crippen LogP contribution in [0.25, 0.3) is 5.69 Å². The molecule has 8 nitrogen and oxygen atoms in total. The highest BCUT2D eigenvalue weighted by molar-refractivity contribution is 6.32. The Morgan fingerprint density at radius 1 is 0.949 bits per heavy atom. The number of carbonyl (C=O) groups excluding carboxylic acids is 2. The van der Waals surface area contributed by atoms with Crippen LogP contribution < -0.4 is 15.4 Å². The first-order chi connectivity index (χ1) is 18.7. The smallest absolute Gasteiger partial charge is 0.322 e. The molecule has 1 heterocycles. The Kier molecular flexibility index (Phi) is 8.56. The molecule has 0 radical (unpaired) electrons. The highest BCUT2D eigenvalue weighted by atomic mass is 35.5. The average molecular weight is 546 g/mol. The van der Waals surface area contributed by atoms with Crippen LogP contribution in [0.15, 0.2) is 84.9 Å². The average Bonchev–Trinajstić information content (AvgIpc) is 3.33. The molecule has 39 heavy (non-hydrogen) atoms. The number of hydrogen-bond donors (Lipinski definition) is 2. The van der Waals surface area contributed by atoms with Gasteiger partial charge >= 0.3 is 6.03 Å². The molecule has 0 atom stereocenters. The lowest BCUT2D eigenvalue weighted by atomic mass is 9.92. The van der Waals surface area contributed by atoms with Gasteiger partial charge < -0.3 is 20.3 Å². The van der Waals surface area contributed by atoms with Gasteiger partial charge in [0.2, 0.25) is 5.91 Å². The maximum Gasteiger partial charge on any atom is 0.322 e. The van der Waals surface area contributed by atoms with Crippen LogP contribution in [-0.4, -0.2) is 40.3 Å². The Balaban J connectivity index is 1.60. The minimum Gasteiger partial charge on any atom is -0.495 e. The fourth-order valence-corrected chi connectivity index (χ4v) is 4.16. The predicted octanol–water partition coefficient (Wildman–Crippen LogP) is 6.50. The van der Waals surface area contributed by atoms with Crippen molar-refractivity contribution in [2.75, 3.05) is 24.3 Å². The Morgan fingerprint density at radius 3 is 2.31 bits per heavy atom. The van der Waals surface area contributed by atoms with Crippen LogP contribution in [0.5, 0.6) is 5.75 Å². The number of ether oxygens (including phenoxy) is 1. The quantitative estimate of drug-likeness (QED) is 0.264. The molecule has 0 fully saturated rings. The first kappa shape index (κ1) is 27.7. The molecule has 1 aromatic heterocycles. The summed E-state index contributed by atoms with van der Waals surface area (Å²) in [6, 6.07) is 25.3. The molecule has 4 rings (SSSR count). The molecular formula is C30H32ClN5O3. The maximum absolute atomic E-state index is 13.4. The fourth-order valence-electron chi connectivity index (χ4n) is 3.94. The molecule has 0 aliphatic carbocycles. The summed E-state index contributed by atoms with van der Waals surface area (Å²) < 4.78 is 6.99. The van der Waals surface area contributed by atoms with Crippen LogP contribution in [0.1, 0.15) is 32.0 Å². The second-order valence-corrected chi connectivity index (χ2v) is 10.5. The van der Waals surface area contributed by atoms with E-state index in [0.29, 0.717) is 28.0 Å². The topological polar surface area (TPSA) is 88.5 Å². The maximum atomic E-state index is 13.4. The minimum atomic E-state index is -0.437. The van der Waals surface area contributed by atoms with Crippen molar-refractivity contribution in [1.82, 2.24) is 14.7 Å². The summed E-state index contributed by atoms with van der Waals surface area (Å²) in [5.41, 5.74) is 2.56. The van der Waals surface area contributed by atoms with E-state index < -0.39 is 6.03 Å². The van der Waals surface area contributed by atoms with Crippen molar-refractivity contribution >= 4 is 35.0 Å². The number of anilines is 2. The zero-order chi connectivity index (χ0) is 28.0. The summed E-state index contributed by atoms with van der Waals surface area (Å²) in [6.07, 6.45) is 0. The number of urea groups is 1. The number of nitrogens with zero attached hydrogens (tertiary/aromatic N) is 3. The molecule has 4 aromatic rings. The van der Waals surface area contributed by atoms with Crippen LogP contribution in [0, 0.1) is 0 Å². The number of nitrogens with one attached hydrogen (secondary N) is 2. The van der Waals surface area contributed by atoms with Gasteiger partial charge in [-0.3, -0.25) is 4.79 Å². The van der Waals surface area contributed by atoms with Gasteiger partial charge in [-0.2, -0.15) is 5.10 Å². The van der Waals surface area contributed by atoms with Crippen molar-refractivity contribution in [3.8, 4) is 11.4 Å². The van der Waals surface area contributed by atoms with Crippen molar-refractivity contribution in [1.29, 1.82) is 0 Å². The summed E-state index contributed by atoms with van der Waals surface area (Å²) in [5, 5.41) is 11.0. The van der Waals surface area contributed by atoms with Crippen molar-refractivity contribution < 1.29 is 14.3 Å². The highest BCUT2D eigenvalue weighted by Crippen LogP contribution is 2.29. The van der Waals surface area contributed by atoms with Gasteiger partial charge in [0, 0.05) is 18.0 Å². The van der Waals surface area contributed by atoms with E-state index in [1.807, 2.05) is 81.4 Å². The third-order valence-electron chi connectivity index (χ3n) is 6.01. The van der Waals surface area contributed by atoms with E-state index in [4.69, 9.17) is 21.4 Å². The number of methoxy groups -OCH3 is 1. The third-order valence-corrected chi connectivity index (χ3v) is 6.33. The van der Waals surface area contributed by atoms with Crippen LogP contribution >= 0.6 is 11.6 Å². The van der Waals surface area contributed by atoms with Gasteiger partial charge in [-0.05, 0) is 29.8 Å². The van der Waals surface area contributed by atoms with E-state index in [-0.39, 0.29) is 24.4 Å². The number of aromatic nitrogens is 2. The predicted molar refractivity (Wildman–Crippen MR) is 155 cm³/mol. The minimum absolute atomic E-state index is 0.200. The molecule has 0 spiro atoms. The normalized spacial score (nSPS) is 11.1. The van der Waals surface area contributed by atoms with Crippen molar-refractivity contribution in [2.24, 2.45) is 0 Å². The standard InChI is InChI=1S/C30H32ClN5O3/c1-30(2,3)26-18-27(36(34-26)24-16-10-8-14-22(24)31)33-28(37)20-35(19-21-12-6-5-7-13-21)29(38)32-23-15-9-11-17-25(23)39-4/h5-18H,19-20H2,1-4H3,(H,32,38)(H,33,37). The summed E-state index contributed by atoms with van der Waals surface area (Å²) in [4.78, 5) is 28.2. The van der Waals surface area contributed by atoms with E-state index in [0.717, 1.165) is 11.3 Å². The van der Waals surface area contributed by atoms with E-state index in [9.17, 15) is 9.59 Å². The Bertz CT molecular complexity index is 1450. The lowest BCUT2D eigenvalue weighted by Gasteiger charge is -2.23. The van der Waals surface area contributed by atoms with Crippen LogP contribution in [0.4, 0.5) is 16.3 Å². The van der Waals surface area contributed by atoms with Gasteiger partial charge in [-0.15, -0.1) is 0 Å². The monoisotopic (exact) mass is 545 g/mol. The van der Waals surface area contributed by atoms with Crippen LogP contribution in [0.3, 0.4) is 0 Å². The highest BCUT2D eigenvalue weighted by Gasteiger charge is 2.24. The van der Waals surface area contributed by atoms with E-state index in [1.165, 1.54) is 12.0 Å². The van der Waals surface area contributed by atoms with Gasteiger partial charge in [-0.1, -0.05) is 87.0 Å². The lowest BCUT2D eigenvalue weighted by molar-refractivity contribution is -0.116. The lowest BCUT2D eigenvalue weighted by Crippen LogP contribution is -2.40. The van der Waals surface area contributed by atoms with Gasteiger partial charge in [0.25, 0.3) is 0 Å². The van der Waals surface area contributed by atoms with E-state index in [2.05, 4.69) is 10.6 Å². The largest absolute Gasteiger partial charge is 0.495 e. The molecule has 2 N–H and O–H groups in total.